The van der Waals surface area contributed by atoms with Gasteiger partial charge in [0.25, 0.3) is 0 Å². The van der Waals surface area contributed by atoms with E-state index in [0.29, 0.717) is 10.8 Å². The third kappa shape index (κ3) is 3.73. The number of thiazole rings is 1. The van der Waals surface area contributed by atoms with Crippen molar-refractivity contribution in [2.24, 2.45) is 0 Å². The van der Waals surface area contributed by atoms with Gasteiger partial charge in [-0.3, -0.25) is 9.55 Å². The van der Waals surface area contributed by atoms with E-state index in [2.05, 4.69) is 25.5 Å². The number of rotatable bonds is 5. The van der Waals surface area contributed by atoms with Crippen LogP contribution >= 0.6 is 34.7 Å². The van der Waals surface area contributed by atoms with Crippen molar-refractivity contribution in [1.29, 1.82) is 0 Å². The standard InChI is InChI=1S/C17H12ClN5S2/c18-12-4-3-5-14(8-12)23-11-20-22-17(23)25-10-13-9-24-16(21-13)15-6-1-2-7-19-15/h1-9,11H,10H2. The summed E-state index contributed by atoms with van der Waals surface area (Å²) < 4.78 is 1.92. The van der Waals surface area contributed by atoms with Crippen LogP contribution in [-0.4, -0.2) is 24.7 Å². The topological polar surface area (TPSA) is 56.5 Å². The average molecular weight is 386 g/mol. The third-order valence-electron chi connectivity index (χ3n) is 3.39. The molecule has 0 saturated heterocycles. The molecule has 0 aliphatic rings. The number of benzene rings is 1. The van der Waals surface area contributed by atoms with Gasteiger partial charge >= 0.3 is 0 Å². The van der Waals surface area contributed by atoms with Gasteiger partial charge in [0.2, 0.25) is 0 Å². The zero-order valence-corrected chi connectivity index (χ0v) is 15.3. The van der Waals surface area contributed by atoms with Gasteiger partial charge < -0.3 is 0 Å². The van der Waals surface area contributed by atoms with Crippen molar-refractivity contribution in [3.05, 3.63) is 71.1 Å². The summed E-state index contributed by atoms with van der Waals surface area (Å²) in [7, 11) is 0. The minimum Gasteiger partial charge on any atom is -0.277 e. The predicted molar refractivity (Wildman–Crippen MR) is 101 cm³/mol. The molecule has 4 rings (SSSR count). The van der Waals surface area contributed by atoms with E-state index in [0.717, 1.165) is 27.2 Å². The number of nitrogens with zero attached hydrogens (tertiary/aromatic N) is 5. The maximum atomic E-state index is 6.07. The van der Waals surface area contributed by atoms with Gasteiger partial charge in [-0.1, -0.05) is 35.5 Å². The van der Waals surface area contributed by atoms with Crippen molar-refractivity contribution in [3.8, 4) is 16.4 Å². The van der Waals surface area contributed by atoms with Crippen LogP contribution in [0.15, 0.2) is 65.5 Å². The fourth-order valence-electron chi connectivity index (χ4n) is 2.24. The molecular formula is C17H12ClN5S2. The lowest BCUT2D eigenvalue weighted by Gasteiger charge is -2.05. The summed E-state index contributed by atoms with van der Waals surface area (Å²) in [6.45, 7) is 0. The van der Waals surface area contributed by atoms with Crippen molar-refractivity contribution in [2.75, 3.05) is 0 Å². The second-order valence-electron chi connectivity index (χ2n) is 5.11. The van der Waals surface area contributed by atoms with E-state index in [-0.39, 0.29) is 0 Å². The fraction of sp³-hybridized carbons (Fsp3) is 0.0588. The zero-order chi connectivity index (χ0) is 17.1. The second-order valence-corrected chi connectivity index (χ2v) is 7.35. The number of aromatic nitrogens is 5. The molecule has 5 nitrogen and oxygen atoms in total. The van der Waals surface area contributed by atoms with E-state index < -0.39 is 0 Å². The summed E-state index contributed by atoms with van der Waals surface area (Å²) in [5.74, 6) is 0.711. The molecule has 0 aliphatic carbocycles. The van der Waals surface area contributed by atoms with Gasteiger partial charge in [-0.2, -0.15) is 0 Å². The van der Waals surface area contributed by atoms with Gasteiger partial charge in [-0.15, -0.1) is 21.5 Å². The number of halogens is 1. The SMILES string of the molecule is Clc1cccc(-n2cnnc2SCc2csc(-c3ccccn3)n2)c1. The average Bonchev–Trinajstić information content (AvgIpc) is 3.30. The Morgan fingerprint density at radius 3 is 2.96 bits per heavy atom. The highest BCUT2D eigenvalue weighted by Gasteiger charge is 2.10. The Kier molecular flexibility index (Phi) is 4.78. The highest BCUT2D eigenvalue weighted by atomic mass is 35.5. The van der Waals surface area contributed by atoms with Gasteiger partial charge in [0.1, 0.15) is 11.3 Å². The lowest BCUT2D eigenvalue weighted by atomic mass is 10.3. The van der Waals surface area contributed by atoms with Gasteiger partial charge in [0, 0.05) is 22.4 Å². The Morgan fingerprint density at radius 1 is 1.16 bits per heavy atom. The molecule has 3 heterocycles. The summed E-state index contributed by atoms with van der Waals surface area (Å²) >= 11 is 9.25. The molecule has 25 heavy (non-hydrogen) atoms. The Morgan fingerprint density at radius 2 is 2.12 bits per heavy atom. The van der Waals surface area contributed by atoms with Crippen LogP contribution in [0.25, 0.3) is 16.4 Å². The van der Waals surface area contributed by atoms with Crippen molar-refractivity contribution in [2.45, 2.75) is 10.9 Å². The number of pyridine rings is 1. The second kappa shape index (κ2) is 7.35. The van der Waals surface area contributed by atoms with Crippen molar-refractivity contribution >= 4 is 34.7 Å². The maximum absolute atomic E-state index is 6.07. The Hall–Kier alpha value is -2.22. The molecule has 4 aromatic rings. The smallest absolute Gasteiger partial charge is 0.195 e. The largest absolute Gasteiger partial charge is 0.277 e. The van der Waals surface area contributed by atoms with E-state index in [1.54, 1.807) is 35.6 Å². The molecule has 8 heteroatoms. The summed E-state index contributed by atoms with van der Waals surface area (Å²) in [6, 6.07) is 13.4. The van der Waals surface area contributed by atoms with Crippen molar-refractivity contribution < 1.29 is 0 Å². The fourth-order valence-corrected chi connectivity index (χ4v) is 4.15. The van der Waals surface area contributed by atoms with Gasteiger partial charge in [0.15, 0.2) is 5.16 Å². The molecule has 3 aromatic heterocycles. The lowest BCUT2D eigenvalue weighted by molar-refractivity contribution is 0.883. The van der Waals surface area contributed by atoms with E-state index in [9.17, 15) is 0 Å². The first-order valence-corrected chi connectivity index (χ1v) is 9.68. The lowest BCUT2D eigenvalue weighted by Crippen LogP contribution is -1.95. The first-order valence-electron chi connectivity index (χ1n) is 7.44. The van der Waals surface area contributed by atoms with Gasteiger partial charge in [-0.25, -0.2) is 4.98 Å². The number of hydrogen-bond donors (Lipinski definition) is 0. The summed E-state index contributed by atoms with van der Waals surface area (Å²) in [5, 5.41) is 12.7. The van der Waals surface area contributed by atoms with Crippen molar-refractivity contribution in [1.82, 2.24) is 24.7 Å². The zero-order valence-electron chi connectivity index (χ0n) is 12.9. The molecule has 124 valence electrons. The molecule has 1 aromatic carbocycles. The molecule has 0 spiro atoms. The number of thioether (sulfide) groups is 1. The predicted octanol–water partition coefficient (Wildman–Crippen LogP) is 4.73. The maximum Gasteiger partial charge on any atom is 0.195 e. The van der Waals surface area contributed by atoms with E-state index in [4.69, 9.17) is 11.6 Å². The first-order chi connectivity index (χ1) is 12.3. The Balaban J connectivity index is 1.50. The van der Waals surface area contributed by atoms with Gasteiger partial charge in [0.05, 0.1) is 17.1 Å². The van der Waals surface area contributed by atoms with E-state index in [1.165, 1.54) is 0 Å². The Bertz CT molecular complexity index is 983. The highest BCUT2D eigenvalue weighted by Crippen LogP contribution is 2.27. The normalized spacial score (nSPS) is 10.9. The van der Waals surface area contributed by atoms with Crippen molar-refractivity contribution in [3.63, 3.8) is 0 Å². The molecule has 0 fully saturated rings. The monoisotopic (exact) mass is 385 g/mol. The molecule has 0 amide bonds. The van der Waals surface area contributed by atoms with Crippen LogP contribution in [0.2, 0.25) is 5.02 Å². The van der Waals surface area contributed by atoms with Crippen LogP contribution < -0.4 is 0 Å². The molecule has 0 N–H and O–H groups in total. The summed E-state index contributed by atoms with van der Waals surface area (Å²) in [6.07, 6.45) is 3.47. The molecular weight excluding hydrogens is 374 g/mol. The quantitative estimate of drug-likeness (QED) is 0.465. The molecule has 0 aliphatic heterocycles. The van der Waals surface area contributed by atoms with Crippen LogP contribution in [0.5, 0.6) is 0 Å². The summed E-state index contributed by atoms with van der Waals surface area (Å²) in [4.78, 5) is 8.99. The number of hydrogen-bond acceptors (Lipinski definition) is 6. The molecule has 0 atom stereocenters. The molecule has 0 unspecified atom stereocenters. The van der Waals surface area contributed by atoms with Crippen LogP contribution in [0.3, 0.4) is 0 Å². The van der Waals surface area contributed by atoms with Gasteiger partial charge in [-0.05, 0) is 30.3 Å². The first kappa shape index (κ1) is 16.3. The molecule has 0 bridgehead atoms. The highest BCUT2D eigenvalue weighted by molar-refractivity contribution is 7.98. The van der Waals surface area contributed by atoms with Crippen LogP contribution in [0, 0.1) is 0 Å². The van der Waals surface area contributed by atoms with Crippen LogP contribution in [-0.2, 0) is 5.75 Å². The summed E-state index contributed by atoms with van der Waals surface area (Å²) in [5.41, 5.74) is 2.83. The van der Waals surface area contributed by atoms with Crippen LogP contribution in [0.4, 0.5) is 0 Å². The Labute approximate surface area is 157 Å². The minimum atomic E-state index is 0.682. The minimum absolute atomic E-state index is 0.682. The molecule has 0 saturated carbocycles. The molecule has 0 radical (unpaired) electrons. The van der Waals surface area contributed by atoms with E-state index in [1.807, 2.05) is 47.0 Å². The van der Waals surface area contributed by atoms with E-state index >= 15 is 0 Å². The van der Waals surface area contributed by atoms with Crippen LogP contribution in [0.1, 0.15) is 5.69 Å². The third-order valence-corrected chi connectivity index (χ3v) is 5.51.